The van der Waals surface area contributed by atoms with E-state index in [2.05, 4.69) is 0 Å². The smallest absolute Gasteiger partial charge is 0.338 e. The van der Waals surface area contributed by atoms with Gasteiger partial charge in [0.1, 0.15) is 10.6 Å². The second-order valence-corrected chi connectivity index (χ2v) is 8.18. The van der Waals surface area contributed by atoms with Gasteiger partial charge in [-0.15, -0.1) is 0 Å². The molecule has 1 saturated heterocycles. The van der Waals surface area contributed by atoms with Crippen molar-refractivity contribution in [3.63, 3.8) is 0 Å². The van der Waals surface area contributed by atoms with E-state index in [1.165, 1.54) is 41.6 Å². The molecular weight excluding hydrogens is 386 g/mol. The number of ether oxygens (including phenoxy) is 2. The van der Waals surface area contributed by atoms with Gasteiger partial charge in [-0.3, -0.25) is 4.79 Å². The minimum atomic E-state index is -3.80. The molecule has 1 aromatic rings. The summed E-state index contributed by atoms with van der Waals surface area (Å²) in [6, 6.07) is 5.90. The van der Waals surface area contributed by atoms with Crippen molar-refractivity contribution < 1.29 is 27.5 Å². The van der Waals surface area contributed by atoms with Gasteiger partial charge in [-0.25, -0.2) is 13.2 Å². The van der Waals surface area contributed by atoms with Gasteiger partial charge in [-0.05, 0) is 31.0 Å². The van der Waals surface area contributed by atoms with Crippen LogP contribution in [-0.4, -0.2) is 69.9 Å². The van der Waals surface area contributed by atoms with Crippen LogP contribution in [0.2, 0.25) is 0 Å². The number of benzene rings is 1. The molecule has 0 atom stereocenters. The Morgan fingerprint density at radius 2 is 1.96 bits per heavy atom. The topological polar surface area (TPSA) is 117 Å². The molecule has 0 bridgehead atoms. The fourth-order valence-corrected chi connectivity index (χ4v) is 4.43. The Balaban J connectivity index is 2.15. The van der Waals surface area contributed by atoms with Crippen LogP contribution in [-0.2, 0) is 19.6 Å². The molecule has 1 fully saturated rings. The van der Waals surface area contributed by atoms with Crippen molar-refractivity contribution in [2.24, 2.45) is 0 Å². The Hall–Kier alpha value is -2.64. The number of sulfonamides is 1. The molecule has 28 heavy (non-hydrogen) atoms. The number of esters is 1. The summed E-state index contributed by atoms with van der Waals surface area (Å²) < 4.78 is 37.2. The van der Waals surface area contributed by atoms with Gasteiger partial charge in [0.2, 0.25) is 10.0 Å². The Labute approximate surface area is 164 Å². The third kappa shape index (κ3) is 4.99. The molecule has 1 aromatic carbocycles. The fourth-order valence-electron chi connectivity index (χ4n) is 2.74. The molecule has 1 amide bonds. The number of methoxy groups -OCH3 is 1. The predicted molar refractivity (Wildman–Crippen MR) is 99.1 cm³/mol. The highest BCUT2D eigenvalue weighted by molar-refractivity contribution is 7.89. The first-order valence-corrected chi connectivity index (χ1v) is 10.2. The van der Waals surface area contributed by atoms with E-state index < -0.39 is 28.5 Å². The van der Waals surface area contributed by atoms with Gasteiger partial charge in [0.25, 0.3) is 5.91 Å². The van der Waals surface area contributed by atoms with Crippen LogP contribution in [0.4, 0.5) is 0 Å². The predicted octanol–water partition coefficient (Wildman–Crippen LogP) is 1.01. The molecule has 0 unspecified atom stereocenters. The molecule has 10 heteroatoms. The molecule has 0 aliphatic carbocycles. The molecule has 9 nitrogen and oxygen atoms in total. The maximum Gasteiger partial charge on any atom is 0.338 e. The van der Waals surface area contributed by atoms with Gasteiger partial charge in [-0.1, -0.05) is 0 Å². The van der Waals surface area contributed by atoms with Gasteiger partial charge in [0.05, 0.1) is 25.2 Å². The highest BCUT2D eigenvalue weighted by atomic mass is 32.2. The van der Waals surface area contributed by atoms with Crippen molar-refractivity contribution in [1.29, 1.82) is 5.26 Å². The van der Waals surface area contributed by atoms with E-state index in [1.807, 2.05) is 6.07 Å². The average Bonchev–Trinajstić information content (AvgIpc) is 3.25. The Kier molecular flexibility index (Phi) is 7.37. The van der Waals surface area contributed by atoms with Crippen LogP contribution < -0.4 is 4.74 Å². The molecule has 0 spiro atoms. The van der Waals surface area contributed by atoms with E-state index in [4.69, 9.17) is 14.7 Å². The molecule has 0 radical (unpaired) electrons. The molecular formula is C18H23N3O6S. The largest absolute Gasteiger partial charge is 0.495 e. The lowest BCUT2D eigenvalue weighted by atomic mass is 10.2. The highest BCUT2D eigenvalue weighted by Gasteiger charge is 2.31. The van der Waals surface area contributed by atoms with E-state index in [9.17, 15) is 18.0 Å². The maximum atomic E-state index is 12.9. The van der Waals surface area contributed by atoms with Crippen molar-refractivity contribution in [3.8, 4) is 11.8 Å². The first-order valence-electron chi connectivity index (χ1n) is 8.77. The minimum Gasteiger partial charge on any atom is -0.495 e. The van der Waals surface area contributed by atoms with Crippen LogP contribution in [0.25, 0.3) is 0 Å². The van der Waals surface area contributed by atoms with Crippen LogP contribution in [0.15, 0.2) is 23.1 Å². The van der Waals surface area contributed by atoms with Crippen molar-refractivity contribution in [3.05, 3.63) is 23.8 Å². The molecule has 1 heterocycles. The SMILES string of the molecule is COc1ccc(C(=O)OCC(=O)N(C)CCC#N)cc1S(=O)(=O)N1CCCC1. The molecule has 2 rings (SSSR count). The van der Waals surface area contributed by atoms with E-state index in [-0.39, 0.29) is 29.2 Å². The summed E-state index contributed by atoms with van der Waals surface area (Å²) in [6.45, 7) is 0.571. The van der Waals surface area contributed by atoms with E-state index in [0.717, 1.165) is 12.8 Å². The van der Waals surface area contributed by atoms with Crippen LogP contribution in [0.1, 0.15) is 29.6 Å². The summed E-state index contributed by atoms with van der Waals surface area (Å²) in [5.74, 6) is -1.14. The normalized spacial score (nSPS) is 14.3. The second kappa shape index (κ2) is 9.52. The van der Waals surface area contributed by atoms with E-state index in [0.29, 0.717) is 13.1 Å². The van der Waals surface area contributed by atoms with Crippen molar-refractivity contribution in [2.45, 2.75) is 24.2 Å². The number of rotatable bonds is 8. The summed E-state index contributed by atoms with van der Waals surface area (Å²) in [5.41, 5.74) is 0.00560. The lowest BCUT2D eigenvalue weighted by molar-refractivity contribution is -0.133. The van der Waals surface area contributed by atoms with Gasteiger partial charge in [0, 0.05) is 26.7 Å². The standard InChI is InChI=1S/C18H23N3O6S/c1-20(9-5-8-19)17(22)13-27-18(23)14-6-7-15(26-2)16(12-14)28(24,25)21-10-3-4-11-21/h6-7,12H,3-5,9-11,13H2,1-2H3. The Bertz CT molecular complexity index is 872. The molecule has 0 aromatic heterocycles. The molecule has 1 aliphatic rings. The van der Waals surface area contributed by atoms with E-state index in [1.54, 1.807) is 0 Å². The first kappa shape index (κ1) is 21.7. The summed E-state index contributed by atoms with van der Waals surface area (Å²) in [7, 11) is -0.943. The Morgan fingerprint density at radius 1 is 1.29 bits per heavy atom. The molecule has 1 aliphatic heterocycles. The van der Waals surface area contributed by atoms with Gasteiger partial charge in [-0.2, -0.15) is 9.57 Å². The molecule has 0 saturated carbocycles. The van der Waals surface area contributed by atoms with Crippen LogP contribution in [0, 0.1) is 11.3 Å². The fraction of sp³-hybridized carbons (Fsp3) is 0.500. The number of carbonyl (C=O) groups excluding carboxylic acids is 2. The van der Waals surface area contributed by atoms with Crippen molar-refractivity contribution >= 4 is 21.9 Å². The van der Waals surface area contributed by atoms with Crippen LogP contribution in [0.3, 0.4) is 0 Å². The van der Waals surface area contributed by atoms with Crippen molar-refractivity contribution in [1.82, 2.24) is 9.21 Å². The third-order valence-corrected chi connectivity index (χ3v) is 6.31. The average molecular weight is 409 g/mol. The van der Waals surface area contributed by atoms with Gasteiger partial charge >= 0.3 is 5.97 Å². The second-order valence-electron chi connectivity index (χ2n) is 6.28. The highest BCUT2D eigenvalue weighted by Crippen LogP contribution is 2.30. The first-order chi connectivity index (χ1) is 13.3. The van der Waals surface area contributed by atoms with Gasteiger partial charge < -0.3 is 14.4 Å². The summed E-state index contributed by atoms with van der Waals surface area (Å²) in [5, 5.41) is 8.54. The zero-order chi connectivity index (χ0) is 20.7. The Morgan fingerprint density at radius 3 is 2.57 bits per heavy atom. The molecule has 152 valence electrons. The zero-order valence-corrected chi connectivity index (χ0v) is 16.7. The lowest BCUT2D eigenvalue weighted by Gasteiger charge is -2.18. The quantitative estimate of drug-likeness (QED) is 0.588. The number of nitriles is 1. The van der Waals surface area contributed by atoms with Crippen LogP contribution >= 0.6 is 0 Å². The summed E-state index contributed by atoms with van der Waals surface area (Å²) >= 11 is 0. The van der Waals surface area contributed by atoms with Crippen LogP contribution in [0.5, 0.6) is 5.75 Å². The number of likely N-dealkylation sites (N-methyl/N-ethyl adjacent to an activating group) is 1. The number of amides is 1. The van der Waals surface area contributed by atoms with Gasteiger partial charge in [0.15, 0.2) is 6.61 Å². The minimum absolute atomic E-state index is 0.00560. The number of hydrogen-bond donors (Lipinski definition) is 0. The number of nitrogens with zero attached hydrogens (tertiary/aromatic N) is 3. The monoisotopic (exact) mass is 409 g/mol. The summed E-state index contributed by atoms with van der Waals surface area (Å²) in [4.78, 5) is 25.4. The maximum absolute atomic E-state index is 12.9. The van der Waals surface area contributed by atoms with E-state index >= 15 is 0 Å². The summed E-state index contributed by atoms with van der Waals surface area (Å²) in [6.07, 6.45) is 1.74. The number of carbonyl (C=O) groups is 2. The zero-order valence-electron chi connectivity index (χ0n) is 15.9. The third-order valence-electron chi connectivity index (χ3n) is 4.39. The lowest BCUT2D eigenvalue weighted by Crippen LogP contribution is -2.32. The molecule has 0 N–H and O–H groups in total. The van der Waals surface area contributed by atoms with Crippen molar-refractivity contribution in [2.75, 3.05) is 40.4 Å². The number of hydrogen-bond acceptors (Lipinski definition) is 7.